The molecule has 0 bridgehead atoms. The van der Waals surface area contributed by atoms with E-state index in [4.69, 9.17) is 10.5 Å². The Kier molecular flexibility index (Phi) is 3.53. The molecular weight excluding hydrogens is 226 g/mol. The van der Waals surface area contributed by atoms with Crippen LogP contribution in [0.2, 0.25) is 0 Å². The minimum Gasteiger partial charge on any atom is -0.377 e. The molecule has 1 aromatic rings. The van der Waals surface area contributed by atoms with Crippen LogP contribution in [0.5, 0.6) is 0 Å². The number of methoxy groups -OCH3 is 1. The molecule has 0 aliphatic heterocycles. The molecule has 0 saturated heterocycles. The lowest BCUT2D eigenvalue weighted by Crippen LogP contribution is -2.36. The molecule has 1 aliphatic rings. The molecule has 0 fully saturated rings. The molecule has 96 valence electrons. The third-order valence-corrected chi connectivity index (χ3v) is 3.61. The molecule has 0 heterocycles. The first kappa shape index (κ1) is 12.8. The summed E-state index contributed by atoms with van der Waals surface area (Å²) in [7, 11) is 1.72. The number of carbonyl (C=O) groups is 1. The van der Waals surface area contributed by atoms with Crippen molar-refractivity contribution in [3.63, 3.8) is 0 Å². The summed E-state index contributed by atoms with van der Waals surface area (Å²) in [6.45, 7) is 3.95. The lowest BCUT2D eigenvalue weighted by atomic mass is 9.92. The van der Waals surface area contributed by atoms with Crippen molar-refractivity contribution in [1.29, 1.82) is 0 Å². The van der Waals surface area contributed by atoms with Gasteiger partial charge in [0.1, 0.15) is 0 Å². The Morgan fingerprint density at radius 1 is 1.33 bits per heavy atom. The van der Waals surface area contributed by atoms with Gasteiger partial charge in [0, 0.05) is 13.0 Å². The number of benzene rings is 1. The van der Waals surface area contributed by atoms with Crippen LogP contribution in [-0.4, -0.2) is 19.1 Å². The van der Waals surface area contributed by atoms with Gasteiger partial charge in [-0.1, -0.05) is 31.2 Å². The van der Waals surface area contributed by atoms with E-state index in [1.165, 1.54) is 0 Å². The van der Waals surface area contributed by atoms with Crippen molar-refractivity contribution >= 4 is 18.1 Å². The molecule has 0 saturated carbocycles. The second-order valence-corrected chi connectivity index (χ2v) is 4.91. The number of nitrogens with two attached hydrogens (primary N) is 1. The van der Waals surface area contributed by atoms with E-state index in [1.807, 2.05) is 25.1 Å². The normalized spacial score (nSPS) is 23.5. The van der Waals surface area contributed by atoms with E-state index in [-0.39, 0.29) is 17.9 Å². The summed E-state index contributed by atoms with van der Waals surface area (Å²) in [5, 5.41) is 2.31. The maximum absolute atomic E-state index is 11.2. The molecule has 1 aromatic carbocycles. The second kappa shape index (κ2) is 4.94. The van der Waals surface area contributed by atoms with Gasteiger partial charge in [-0.05, 0) is 29.0 Å². The molecule has 3 nitrogen and oxygen atoms in total. The molecular formula is C15H19NO2. The third kappa shape index (κ3) is 2.31. The fraction of sp³-hybridized carbons (Fsp3) is 0.400. The van der Waals surface area contributed by atoms with Gasteiger partial charge >= 0.3 is 0 Å². The van der Waals surface area contributed by atoms with Crippen LogP contribution in [0.1, 0.15) is 25.3 Å². The van der Waals surface area contributed by atoms with Crippen molar-refractivity contribution in [1.82, 2.24) is 0 Å². The summed E-state index contributed by atoms with van der Waals surface area (Å²) in [6.07, 6.45) is 4.43. The van der Waals surface area contributed by atoms with Gasteiger partial charge in [0.25, 0.3) is 0 Å². The average Bonchev–Trinajstić information content (AvgIpc) is 2.36. The van der Waals surface area contributed by atoms with E-state index in [2.05, 4.69) is 19.1 Å². The van der Waals surface area contributed by atoms with Crippen molar-refractivity contribution in [3.05, 3.63) is 34.2 Å². The maximum atomic E-state index is 11.2. The first-order valence-electron chi connectivity index (χ1n) is 6.18. The van der Waals surface area contributed by atoms with Gasteiger partial charge in [0.15, 0.2) is 0 Å². The lowest BCUT2D eigenvalue weighted by molar-refractivity contribution is -0.119. The number of carbonyl (C=O) groups excluding carboxylic acids is 1. The van der Waals surface area contributed by atoms with Crippen molar-refractivity contribution in [2.24, 2.45) is 11.7 Å². The van der Waals surface area contributed by atoms with Crippen LogP contribution in [0.15, 0.2) is 18.2 Å². The SMILES string of the molecule is COC1C=c2ccc(C(C)C(N)=O)cc2=CC1C. The molecule has 3 unspecified atom stereocenters. The summed E-state index contributed by atoms with van der Waals surface area (Å²) in [5.41, 5.74) is 6.30. The molecule has 3 atom stereocenters. The highest BCUT2D eigenvalue weighted by Gasteiger charge is 2.16. The van der Waals surface area contributed by atoms with Crippen molar-refractivity contribution in [3.8, 4) is 0 Å². The van der Waals surface area contributed by atoms with E-state index < -0.39 is 0 Å². The van der Waals surface area contributed by atoms with Crippen molar-refractivity contribution in [2.75, 3.05) is 7.11 Å². The average molecular weight is 245 g/mol. The van der Waals surface area contributed by atoms with Crippen molar-refractivity contribution < 1.29 is 9.53 Å². The Hall–Kier alpha value is -1.61. The summed E-state index contributed by atoms with van der Waals surface area (Å²) in [5.74, 6) is -0.210. The van der Waals surface area contributed by atoms with Gasteiger partial charge < -0.3 is 10.5 Å². The monoisotopic (exact) mass is 245 g/mol. The summed E-state index contributed by atoms with van der Waals surface area (Å²) < 4.78 is 5.42. The second-order valence-electron chi connectivity index (χ2n) is 4.91. The van der Waals surface area contributed by atoms with Gasteiger partial charge in [-0.2, -0.15) is 0 Å². The Labute approximate surface area is 107 Å². The predicted molar refractivity (Wildman–Crippen MR) is 72.2 cm³/mol. The fourth-order valence-electron chi connectivity index (χ4n) is 2.31. The van der Waals surface area contributed by atoms with Gasteiger partial charge in [0.05, 0.1) is 12.0 Å². The summed E-state index contributed by atoms with van der Waals surface area (Å²) in [4.78, 5) is 11.2. The molecule has 0 radical (unpaired) electrons. The van der Waals surface area contributed by atoms with Gasteiger partial charge in [-0.25, -0.2) is 0 Å². The largest absolute Gasteiger partial charge is 0.377 e. The molecule has 0 aromatic heterocycles. The topological polar surface area (TPSA) is 52.3 Å². The van der Waals surface area contributed by atoms with Crippen LogP contribution in [0.25, 0.3) is 12.2 Å². The number of primary amides is 1. The van der Waals surface area contributed by atoms with E-state index in [9.17, 15) is 4.79 Å². The zero-order valence-corrected chi connectivity index (χ0v) is 11.0. The molecule has 0 spiro atoms. The first-order chi connectivity index (χ1) is 8.52. The maximum Gasteiger partial charge on any atom is 0.224 e. The minimum atomic E-state index is -0.294. The Morgan fingerprint density at radius 2 is 2.06 bits per heavy atom. The molecule has 1 aliphatic carbocycles. The summed E-state index contributed by atoms with van der Waals surface area (Å²) in [6, 6.07) is 6.03. The highest BCUT2D eigenvalue weighted by atomic mass is 16.5. The van der Waals surface area contributed by atoms with E-state index in [1.54, 1.807) is 7.11 Å². The van der Waals surface area contributed by atoms with Crippen molar-refractivity contribution in [2.45, 2.75) is 25.9 Å². The number of hydrogen-bond acceptors (Lipinski definition) is 2. The van der Waals surface area contributed by atoms with Crippen LogP contribution in [-0.2, 0) is 9.53 Å². The van der Waals surface area contributed by atoms with Crippen LogP contribution >= 0.6 is 0 Å². The first-order valence-corrected chi connectivity index (χ1v) is 6.18. The van der Waals surface area contributed by atoms with E-state index in [0.717, 1.165) is 16.0 Å². The molecule has 18 heavy (non-hydrogen) atoms. The number of ether oxygens (including phenoxy) is 1. The number of hydrogen-bond donors (Lipinski definition) is 1. The number of fused-ring (bicyclic) bond motifs is 1. The zero-order chi connectivity index (χ0) is 13.3. The molecule has 2 N–H and O–H groups in total. The number of rotatable bonds is 3. The summed E-state index contributed by atoms with van der Waals surface area (Å²) >= 11 is 0. The van der Waals surface area contributed by atoms with Crippen LogP contribution in [0.3, 0.4) is 0 Å². The van der Waals surface area contributed by atoms with E-state index in [0.29, 0.717) is 5.92 Å². The van der Waals surface area contributed by atoms with Gasteiger partial charge in [0.2, 0.25) is 5.91 Å². The standard InChI is InChI=1S/C15H19NO2/c1-9-6-13-7-11(10(2)15(16)17)4-5-12(13)8-14(9)18-3/h4-10,14H,1-3H3,(H2,16,17). The predicted octanol–water partition coefficient (Wildman–Crippen LogP) is 0.501. The Morgan fingerprint density at radius 3 is 2.67 bits per heavy atom. The van der Waals surface area contributed by atoms with Crippen LogP contribution in [0, 0.1) is 5.92 Å². The zero-order valence-electron chi connectivity index (χ0n) is 11.0. The molecule has 2 rings (SSSR count). The molecule has 1 amide bonds. The lowest BCUT2D eigenvalue weighted by Gasteiger charge is -2.20. The number of amides is 1. The molecule has 3 heteroatoms. The fourth-order valence-corrected chi connectivity index (χ4v) is 2.31. The van der Waals surface area contributed by atoms with Crippen LogP contribution in [0.4, 0.5) is 0 Å². The quantitative estimate of drug-likeness (QED) is 0.843. The Bertz CT molecular complexity index is 577. The highest BCUT2D eigenvalue weighted by Crippen LogP contribution is 2.14. The van der Waals surface area contributed by atoms with Crippen LogP contribution < -0.4 is 16.2 Å². The Balaban J connectivity index is 2.49. The van der Waals surface area contributed by atoms with Gasteiger partial charge in [-0.3, -0.25) is 4.79 Å². The van der Waals surface area contributed by atoms with E-state index >= 15 is 0 Å². The minimum absolute atomic E-state index is 0.122. The van der Waals surface area contributed by atoms with Gasteiger partial charge in [-0.15, -0.1) is 0 Å². The third-order valence-electron chi connectivity index (χ3n) is 3.61. The highest BCUT2D eigenvalue weighted by molar-refractivity contribution is 5.81. The smallest absolute Gasteiger partial charge is 0.224 e.